The molecule has 0 saturated heterocycles. The van der Waals surface area contributed by atoms with Gasteiger partial charge in [-0.1, -0.05) is 24.3 Å². The Hall–Kier alpha value is -1.77. The molecular formula is C16H18O3. The number of methoxy groups -OCH3 is 1. The predicted molar refractivity (Wildman–Crippen MR) is 71.5 cm³/mol. The van der Waals surface area contributed by atoms with Gasteiger partial charge in [0.2, 0.25) is 0 Å². The summed E-state index contributed by atoms with van der Waals surface area (Å²) in [5, 5.41) is 0. The van der Waals surface area contributed by atoms with Gasteiger partial charge in [-0.25, -0.2) is 4.79 Å². The maximum Gasteiger partial charge on any atom is 0.337 e. The van der Waals surface area contributed by atoms with Gasteiger partial charge in [0.15, 0.2) is 0 Å². The van der Waals surface area contributed by atoms with E-state index in [0.29, 0.717) is 17.8 Å². The van der Waals surface area contributed by atoms with E-state index < -0.39 is 0 Å². The molecule has 0 fully saturated rings. The summed E-state index contributed by atoms with van der Waals surface area (Å²) in [6, 6.07) is 8.39. The molecule has 0 bridgehead atoms. The monoisotopic (exact) mass is 258 g/mol. The van der Waals surface area contributed by atoms with E-state index in [0.717, 1.165) is 19.3 Å². The third-order valence-electron chi connectivity index (χ3n) is 4.20. The van der Waals surface area contributed by atoms with Crippen molar-refractivity contribution in [1.82, 2.24) is 0 Å². The first-order valence-electron chi connectivity index (χ1n) is 6.72. The van der Waals surface area contributed by atoms with Crippen molar-refractivity contribution in [3.05, 3.63) is 46.7 Å². The van der Waals surface area contributed by atoms with Crippen LogP contribution in [0.2, 0.25) is 0 Å². The summed E-state index contributed by atoms with van der Waals surface area (Å²) in [5.41, 5.74) is 2.91. The van der Waals surface area contributed by atoms with Crippen molar-refractivity contribution in [3.8, 4) is 0 Å². The van der Waals surface area contributed by atoms with Crippen molar-refractivity contribution in [3.63, 3.8) is 0 Å². The Kier molecular flexibility index (Phi) is 2.85. The van der Waals surface area contributed by atoms with Gasteiger partial charge < -0.3 is 9.47 Å². The van der Waals surface area contributed by atoms with Crippen LogP contribution >= 0.6 is 0 Å². The summed E-state index contributed by atoms with van der Waals surface area (Å²) < 4.78 is 11.0. The second-order valence-corrected chi connectivity index (χ2v) is 5.31. The Bertz CT molecular complexity index is 559. The minimum absolute atomic E-state index is 0.266. The van der Waals surface area contributed by atoms with Crippen molar-refractivity contribution in [2.75, 3.05) is 7.11 Å². The van der Waals surface area contributed by atoms with E-state index in [1.54, 1.807) is 0 Å². The fourth-order valence-electron chi connectivity index (χ4n) is 3.31. The van der Waals surface area contributed by atoms with Crippen LogP contribution in [0.3, 0.4) is 0 Å². The molecule has 1 aliphatic carbocycles. The highest BCUT2D eigenvalue weighted by Crippen LogP contribution is 2.48. The first-order chi connectivity index (χ1) is 9.16. The van der Waals surface area contributed by atoms with Gasteiger partial charge in [-0.2, -0.15) is 0 Å². The van der Waals surface area contributed by atoms with Crippen LogP contribution < -0.4 is 0 Å². The predicted octanol–water partition coefficient (Wildman–Crippen LogP) is 3.09. The third kappa shape index (κ3) is 1.84. The standard InChI is InChI=1S/C16H18O3/c1-11-13(15(17)18-2)10-16(19-11)9-5-7-12-6-3-4-8-14(12)16/h3-4,6,8H,5,7,9-10H2,1-2H3. The number of carbonyl (C=O) groups excluding carboxylic acids is 1. The number of rotatable bonds is 1. The van der Waals surface area contributed by atoms with E-state index in [2.05, 4.69) is 18.2 Å². The van der Waals surface area contributed by atoms with Crippen molar-refractivity contribution in [2.45, 2.75) is 38.2 Å². The van der Waals surface area contributed by atoms with Crippen LogP contribution in [0.25, 0.3) is 0 Å². The van der Waals surface area contributed by atoms with E-state index >= 15 is 0 Å². The normalized spacial score (nSPS) is 25.2. The fourth-order valence-corrected chi connectivity index (χ4v) is 3.31. The highest BCUT2D eigenvalue weighted by molar-refractivity contribution is 5.89. The molecule has 1 atom stereocenters. The van der Waals surface area contributed by atoms with Crippen LogP contribution in [0, 0.1) is 0 Å². The quantitative estimate of drug-likeness (QED) is 0.726. The highest BCUT2D eigenvalue weighted by Gasteiger charge is 2.45. The Morgan fingerprint density at radius 3 is 2.95 bits per heavy atom. The third-order valence-corrected chi connectivity index (χ3v) is 4.20. The molecule has 1 aromatic rings. The van der Waals surface area contributed by atoms with Crippen molar-refractivity contribution in [2.24, 2.45) is 0 Å². The van der Waals surface area contributed by atoms with Crippen LogP contribution in [0.1, 0.15) is 37.3 Å². The Labute approximate surface area is 113 Å². The van der Waals surface area contributed by atoms with E-state index in [1.807, 2.05) is 13.0 Å². The average molecular weight is 258 g/mol. The zero-order chi connectivity index (χ0) is 13.5. The smallest absolute Gasteiger partial charge is 0.337 e. The number of carbonyl (C=O) groups is 1. The molecule has 2 aliphatic rings. The summed E-state index contributed by atoms with van der Waals surface area (Å²) in [6.07, 6.45) is 3.77. The number of benzene rings is 1. The lowest BCUT2D eigenvalue weighted by Gasteiger charge is -2.35. The highest BCUT2D eigenvalue weighted by atomic mass is 16.5. The van der Waals surface area contributed by atoms with Crippen molar-refractivity contribution < 1.29 is 14.3 Å². The van der Waals surface area contributed by atoms with Gasteiger partial charge in [-0.15, -0.1) is 0 Å². The molecule has 100 valence electrons. The first kappa shape index (κ1) is 12.3. The minimum Gasteiger partial charge on any atom is -0.486 e. The largest absolute Gasteiger partial charge is 0.486 e. The molecule has 0 saturated carbocycles. The maximum atomic E-state index is 11.8. The van der Waals surface area contributed by atoms with Gasteiger partial charge in [-0.3, -0.25) is 0 Å². The van der Waals surface area contributed by atoms with Crippen LogP contribution in [0.4, 0.5) is 0 Å². The molecule has 3 nitrogen and oxygen atoms in total. The Morgan fingerprint density at radius 2 is 2.16 bits per heavy atom. The number of esters is 1. The molecular weight excluding hydrogens is 240 g/mol. The number of ether oxygens (including phenoxy) is 2. The molecule has 3 rings (SSSR count). The molecule has 1 spiro atoms. The summed E-state index contributed by atoms with van der Waals surface area (Å²) in [7, 11) is 1.42. The van der Waals surface area contributed by atoms with Crippen LogP contribution in [0.5, 0.6) is 0 Å². The molecule has 3 heteroatoms. The number of allylic oxidation sites excluding steroid dienone is 1. The zero-order valence-corrected chi connectivity index (χ0v) is 11.4. The minimum atomic E-state index is -0.345. The molecule has 0 radical (unpaired) electrons. The molecule has 1 unspecified atom stereocenters. The summed E-state index contributed by atoms with van der Waals surface area (Å²) in [6.45, 7) is 1.86. The topological polar surface area (TPSA) is 35.5 Å². The van der Waals surface area contributed by atoms with E-state index in [-0.39, 0.29) is 11.6 Å². The summed E-state index contributed by atoms with van der Waals surface area (Å²) >= 11 is 0. The number of hydrogen-bond acceptors (Lipinski definition) is 3. The number of hydrogen-bond donors (Lipinski definition) is 0. The van der Waals surface area contributed by atoms with E-state index in [9.17, 15) is 4.79 Å². The van der Waals surface area contributed by atoms with Gasteiger partial charge in [0, 0.05) is 6.42 Å². The summed E-state index contributed by atoms with van der Waals surface area (Å²) in [4.78, 5) is 11.8. The fraction of sp³-hybridized carbons (Fsp3) is 0.438. The molecule has 1 aromatic carbocycles. The number of aryl methyl sites for hydroxylation is 1. The van der Waals surface area contributed by atoms with Gasteiger partial charge in [0.05, 0.1) is 12.7 Å². The lowest BCUT2D eigenvalue weighted by Crippen LogP contribution is -2.31. The average Bonchev–Trinajstić information content (AvgIpc) is 2.76. The molecule has 1 heterocycles. The first-order valence-corrected chi connectivity index (χ1v) is 6.72. The van der Waals surface area contributed by atoms with Crippen LogP contribution in [-0.2, 0) is 26.3 Å². The molecule has 0 aromatic heterocycles. The van der Waals surface area contributed by atoms with E-state index in [4.69, 9.17) is 9.47 Å². The maximum absolute atomic E-state index is 11.8. The lowest BCUT2D eigenvalue weighted by atomic mass is 9.76. The zero-order valence-electron chi connectivity index (χ0n) is 11.4. The number of fused-ring (bicyclic) bond motifs is 2. The Balaban J connectivity index is 1.99. The second-order valence-electron chi connectivity index (χ2n) is 5.31. The van der Waals surface area contributed by atoms with Crippen molar-refractivity contribution in [1.29, 1.82) is 0 Å². The molecule has 19 heavy (non-hydrogen) atoms. The molecule has 1 aliphatic heterocycles. The van der Waals surface area contributed by atoms with E-state index in [1.165, 1.54) is 18.2 Å². The second kappa shape index (κ2) is 4.41. The van der Waals surface area contributed by atoms with Gasteiger partial charge >= 0.3 is 5.97 Å². The van der Waals surface area contributed by atoms with Gasteiger partial charge in [-0.05, 0) is 37.3 Å². The Morgan fingerprint density at radius 1 is 1.37 bits per heavy atom. The SMILES string of the molecule is COC(=O)C1=C(C)OC2(CCCc3ccccc32)C1. The van der Waals surface area contributed by atoms with Crippen molar-refractivity contribution >= 4 is 5.97 Å². The molecule has 0 N–H and O–H groups in total. The summed E-state index contributed by atoms with van der Waals surface area (Å²) in [5.74, 6) is 0.445. The van der Waals surface area contributed by atoms with Gasteiger partial charge in [0.25, 0.3) is 0 Å². The van der Waals surface area contributed by atoms with Crippen LogP contribution in [-0.4, -0.2) is 13.1 Å². The lowest BCUT2D eigenvalue weighted by molar-refractivity contribution is -0.136. The molecule has 0 amide bonds. The van der Waals surface area contributed by atoms with Crippen LogP contribution in [0.15, 0.2) is 35.6 Å². The van der Waals surface area contributed by atoms with Gasteiger partial charge in [0.1, 0.15) is 11.4 Å².